The van der Waals surface area contributed by atoms with Gasteiger partial charge in [-0.05, 0) is 18.4 Å². The van der Waals surface area contributed by atoms with E-state index < -0.39 is 69.4 Å². The fraction of sp³-hybridized carbons (Fsp3) is 0.529. The van der Waals surface area contributed by atoms with Gasteiger partial charge in [-0.1, -0.05) is 36.5 Å². The van der Waals surface area contributed by atoms with Crippen LogP contribution in [-0.2, 0) is 10.0 Å². The molecule has 31 heavy (non-hydrogen) atoms. The Morgan fingerprint density at radius 3 is 1.97 bits per heavy atom. The van der Waals surface area contributed by atoms with Crippen LogP contribution in [0.15, 0.2) is 47.6 Å². The minimum atomic E-state index is -6.12. The molecule has 0 aromatic heterocycles. The van der Waals surface area contributed by atoms with E-state index in [-0.39, 0.29) is 6.08 Å². The Balaban J connectivity index is 2.32. The van der Waals surface area contributed by atoms with Crippen molar-refractivity contribution in [1.82, 2.24) is 4.31 Å². The van der Waals surface area contributed by atoms with Crippen molar-refractivity contribution in [3.63, 3.8) is 0 Å². The summed E-state index contributed by atoms with van der Waals surface area (Å²) in [7, 11) is -3.83. The Morgan fingerprint density at radius 2 is 1.55 bits per heavy atom. The lowest BCUT2D eigenvalue weighted by Gasteiger charge is -2.36. The molecule has 2 aliphatic rings. The van der Waals surface area contributed by atoms with Crippen molar-refractivity contribution in [2.75, 3.05) is 7.05 Å². The van der Waals surface area contributed by atoms with Crippen molar-refractivity contribution in [3.8, 4) is 0 Å². The second-order valence-electron chi connectivity index (χ2n) is 6.86. The molecule has 0 amide bonds. The third kappa shape index (κ3) is 4.55. The van der Waals surface area contributed by atoms with Gasteiger partial charge in [0.05, 0.1) is 5.57 Å². The number of alkyl halides is 9. The summed E-state index contributed by atoms with van der Waals surface area (Å²) in [4.78, 5) is 0. The Hall–Kier alpha value is -1.80. The molecule has 0 aliphatic heterocycles. The van der Waals surface area contributed by atoms with Gasteiger partial charge in [0.15, 0.2) is 0 Å². The summed E-state index contributed by atoms with van der Waals surface area (Å²) in [5.41, 5.74) is -8.09. The summed E-state index contributed by atoms with van der Waals surface area (Å²) >= 11 is 0. The number of halogens is 9. The lowest BCUT2D eigenvalue weighted by Crippen LogP contribution is -2.58. The molecule has 0 heterocycles. The van der Waals surface area contributed by atoms with E-state index in [9.17, 15) is 53.0 Å². The van der Waals surface area contributed by atoms with Crippen LogP contribution < -0.4 is 0 Å². The van der Waals surface area contributed by atoms with Crippen LogP contribution in [0.5, 0.6) is 0 Å². The van der Waals surface area contributed by atoms with E-state index in [2.05, 4.69) is 0 Å². The monoisotopic (exact) mass is 485 g/mol. The Bertz CT molecular complexity index is 910. The standard InChI is InChI=1S/C17H16F9NO3S/c1-27(31(29,30)13-5-3-2-4-12(13)15(18,19)20)11-8-6-10(7-9-11)14(28,16(21,22)23)17(24,25)26/h2-4,6-8,11,13,28H,5,9H2,1H3. The number of likely N-dealkylation sites (N-methyl/N-ethyl adjacent to an activating group) is 1. The Labute approximate surface area is 171 Å². The van der Waals surface area contributed by atoms with Crippen LogP contribution in [0.2, 0.25) is 0 Å². The first-order valence-electron chi connectivity index (χ1n) is 8.50. The van der Waals surface area contributed by atoms with Crippen LogP contribution in [0.3, 0.4) is 0 Å². The zero-order valence-corrected chi connectivity index (χ0v) is 16.4. The van der Waals surface area contributed by atoms with Crippen molar-refractivity contribution in [2.45, 2.75) is 48.3 Å². The molecule has 0 saturated heterocycles. The second kappa shape index (κ2) is 7.96. The maximum absolute atomic E-state index is 13.2. The minimum Gasteiger partial charge on any atom is -0.370 e. The highest BCUT2D eigenvalue weighted by molar-refractivity contribution is 7.90. The van der Waals surface area contributed by atoms with E-state index in [1.807, 2.05) is 0 Å². The lowest BCUT2D eigenvalue weighted by molar-refractivity contribution is -0.351. The van der Waals surface area contributed by atoms with Gasteiger partial charge < -0.3 is 5.11 Å². The highest BCUT2D eigenvalue weighted by atomic mass is 32.2. The normalized spacial score (nSPS) is 23.7. The molecular formula is C17H16F9NO3S. The lowest BCUT2D eigenvalue weighted by atomic mass is 9.87. The minimum absolute atomic E-state index is 0.266. The first kappa shape index (κ1) is 25.5. The molecule has 0 saturated carbocycles. The molecule has 0 fully saturated rings. The summed E-state index contributed by atoms with van der Waals surface area (Å²) in [6, 6.07) is -1.36. The first-order chi connectivity index (χ1) is 13.8. The van der Waals surface area contributed by atoms with E-state index in [1.54, 1.807) is 0 Å². The molecule has 2 rings (SSSR count). The SMILES string of the molecule is CN(C1C=CC(C(O)(C(F)(F)F)C(F)(F)F)=CC1)S(=O)(=O)C1CC=CC=C1C(F)(F)F. The van der Waals surface area contributed by atoms with Gasteiger partial charge in [0, 0.05) is 13.1 Å². The maximum Gasteiger partial charge on any atom is 0.430 e. The molecule has 176 valence electrons. The summed E-state index contributed by atoms with van der Waals surface area (Å²) in [5, 5.41) is 7.36. The number of sulfonamides is 1. The number of hydrogen-bond donors (Lipinski definition) is 1. The average molecular weight is 485 g/mol. The molecule has 4 nitrogen and oxygen atoms in total. The fourth-order valence-corrected chi connectivity index (χ4v) is 5.01. The molecular weight excluding hydrogens is 469 g/mol. The van der Waals surface area contributed by atoms with E-state index >= 15 is 0 Å². The molecule has 0 spiro atoms. The van der Waals surface area contributed by atoms with Gasteiger partial charge in [-0.25, -0.2) is 8.42 Å². The number of allylic oxidation sites excluding steroid dienone is 3. The zero-order valence-electron chi connectivity index (χ0n) is 15.6. The van der Waals surface area contributed by atoms with Crippen LogP contribution >= 0.6 is 0 Å². The number of aliphatic hydroxyl groups is 1. The quantitative estimate of drug-likeness (QED) is 0.609. The highest BCUT2D eigenvalue weighted by Gasteiger charge is 2.72. The van der Waals surface area contributed by atoms with Crippen LogP contribution in [0, 0.1) is 0 Å². The summed E-state index contributed by atoms with van der Waals surface area (Å²) < 4.78 is 143. The van der Waals surface area contributed by atoms with Crippen molar-refractivity contribution < 1.29 is 53.0 Å². The third-order valence-electron chi connectivity index (χ3n) is 4.98. The number of hydrogen-bond acceptors (Lipinski definition) is 3. The summed E-state index contributed by atoms with van der Waals surface area (Å²) in [5.74, 6) is 0. The Morgan fingerprint density at radius 1 is 1.00 bits per heavy atom. The van der Waals surface area contributed by atoms with Crippen LogP contribution in [0.25, 0.3) is 0 Å². The van der Waals surface area contributed by atoms with E-state index in [0.29, 0.717) is 22.5 Å². The average Bonchev–Trinajstić information content (AvgIpc) is 2.64. The molecule has 2 aliphatic carbocycles. The summed E-state index contributed by atoms with van der Waals surface area (Å²) in [6.07, 6.45) is -14.4. The van der Waals surface area contributed by atoms with Gasteiger partial charge in [-0.15, -0.1) is 0 Å². The molecule has 2 atom stereocenters. The fourth-order valence-electron chi connectivity index (χ4n) is 3.19. The molecule has 14 heteroatoms. The van der Waals surface area contributed by atoms with Crippen molar-refractivity contribution >= 4 is 10.0 Å². The van der Waals surface area contributed by atoms with Crippen LogP contribution in [0.4, 0.5) is 39.5 Å². The van der Waals surface area contributed by atoms with Gasteiger partial charge in [-0.3, -0.25) is 0 Å². The predicted octanol–water partition coefficient (Wildman–Crippen LogP) is 4.18. The van der Waals surface area contributed by atoms with Crippen molar-refractivity contribution in [1.29, 1.82) is 0 Å². The van der Waals surface area contributed by atoms with Gasteiger partial charge in [0.1, 0.15) is 5.25 Å². The van der Waals surface area contributed by atoms with Crippen LogP contribution in [0.1, 0.15) is 12.8 Å². The van der Waals surface area contributed by atoms with E-state index in [0.717, 1.165) is 13.1 Å². The first-order valence-corrected chi connectivity index (χ1v) is 10.0. The largest absolute Gasteiger partial charge is 0.430 e. The van der Waals surface area contributed by atoms with E-state index in [1.165, 1.54) is 6.08 Å². The van der Waals surface area contributed by atoms with Crippen LogP contribution in [-0.4, -0.2) is 60.3 Å². The molecule has 2 unspecified atom stereocenters. The number of nitrogens with zero attached hydrogens (tertiary/aromatic N) is 1. The van der Waals surface area contributed by atoms with Gasteiger partial charge in [0.25, 0.3) is 5.60 Å². The smallest absolute Gasteiger partial charge is 0.370 e. The molecule has 0 bridgehead atoms. The maximum atomic E-state index is 13.2. The molecule has 0 radical (unpaired) electrons. The highest BCUT2D eigenvalue weighted by Crippen LogP contribution is 2.49. The summed E-state index contributed by atoms with van der Waals surface area (Å²) in [6.45, 7) is 0. The Kier molecular flexibility index (Phi) is 6.54. The second-order valence-corrected chi connectivity index (χ2v) is 9.04. The number of rotatable bonds is 4. The van der Waals surface area contributed by atoms with E-state index in [4.69, 9.17) is 0 Å². The van der Waals surface area contributed by atoms with Gasteiger partial charge in [0.2, 0.25) is 10.0 Å². The van der Waals surface area contributed by atoms with Crippen molar-refractivity contribution in [2.24, 2.45) is 0 Å². The van der Waals surface area contributed by atoms with Crippen molar-refractivity contribution in [3.05, 3.63) is 47.6 Å². The zero-order chi connectivity index (χ0) is 24.0. The topological polar surface area (TPSA) is 57.6 Å². The molecule has 0 aromatic rings. The van der Waals surface area contributed by atoms with Gasteiger partial charge in [-0.2, -0.15) is 43.8 Å². The molecule has 0 aromatic carbocycles. The van der Waals surface area contributed by atoms with Gasteiger partial charge >= 0.3 is 18.5 Å². The predicted molar refractivity (Wildman–Crippen MR) is 91.1 cm³/mol. The third-order valence-corrected chi connectivity index (χ3v) is 7.22. The molecule has 1 N–H and O–H groups in total.